The molecule has 1 aromatic carbocycles. The van der Waals surface area contributed by atoms with Crippen LogP contribution >= 0.6 is 23.2 Å². The molecule has 0 saturated carbocycles. The molecule has 0 aliphatic rings. The number of fused-ring (bicyclic) bond motifs is 1. The Morgan fingerprint density at radius 3 is 2.65 bits per heavy atom. The zero-order chi connectivity index (χ0) is 14.3. The number of benzene rings is 1. The SMILES string of the molecule is Cc1nccnc1C(=O)c1cc2cc(Cl)cc(Cl)c2o1. The number of ketones is 1. The molecule has 2 aromatic heterocycles. The van der Waals surface area contributed by atoms with Crippen LogP contribution in [0.3, 0.4) is 0 Å². The van der Waals surface area contributed by atoms with E-state index in [0.717, 1.165) is 0 Å². The van der Waals surface area contributed by atoms with E-state index >= 15 is 0 Å². The fraction of sp³-hybridized carbons (Fsp3) is 0.0714. The van der Waals surface area contributed by atoms with Crippen molar-refractivity contribution in [2.24, 2.45) is 0 Å². The number of carbonyl (C=O) groups is 1. The average Bonchev–Trinajstić information content (AvgIpc) is 2.82. The third-order valence-electron chi connectivity index (χ3n) is 2.86. The fourth-order valence-corrected chi connectivity index (χ4v) is 2.48. The summed E-state index contributed by atoms with van der Waals surface area (Å²) in [5.74, 6) is -0.174. The molecule has 20 heavy (non-hydrogen) atoms. The van der Waals surface area contributed by atoms with Gasteiger partial charge in [-0.3, -0.25) is 9.78 Å². The summed E-state index contributed by atoms with van der Waals surface area (Å²) in [6.07, 6.45) is 2.99. The first-order valence-corrected chi connectivity index (χ1v) is 6.53. The predicted octanol–water partition coefficient (Wildman–Crippen LogP) is 4.07. The zero-order valence-electron chi connectivity index (χ0n) is 10.4. The minimum absolute atomic E-state index is 0.160. The highest BCUT2D eigenvalue weighted by Gasteiger charge is 2.19. The molecule has 0 aliphatic heterocycles. The topological polar surface area (TPSA) is 56.0 Å². The van der Waals surface area contributed by atoms with Gasteiger partial charge in [0.15, 0.2) is 11.3 Å². The Hall–Kier alpha value is -1.91. The van der Waals surface area contributed by atoms with Crippen LogP contribution in [-0.4, -0.2) is 15.8 Å². The molecule has 0 saturated heterocycles. The number of hydrogen-bond donors (Lipinski definition) is 0. The number of rotatable bonds is 2. The van der Waals surface area contributed by atoms with Crippen LogP contribution in [-0.2, 0) is 0 Å². The molecular weight excluding hydrogens is 299 g/mol. The van der Waals surface area contributed by atoms with E-state index in [1.165, 1.54) is 12.4 Å². The largest absolute Gasteiger partial charge is 0.451 e. The molecule has 0 fully saturated rings. The maximum atomic E-state index is 12.4. The van der Waals surface area contributed by atoms with Gasteiger partial charge in [-0.05, 0) is 25.1 Å². The van der Waals surface area contributed by atoms with Crippen LogP contribution in [0.15, 0.2) is 35.0 Å². The molecule has 0 N–H and O–H groups in total. The van der Waals surface area contributed by atoms with Crippen molar-refractivity contribution in [2.45, 2.75) is 6.92 Å². The maximum Gasteiger partial charge on any atom is 0.248 e. The van der Waals surface area contributed by atoms with Gasteiger partial charge in [0.2, 0.25) is 5.78 Å². The Kier molecular flexibility index (Phi) is 3.20. The lowest BCUT2D eigenvalue weighted by molar-refractivity contribution is 0.101. The highest BCUT2D eigenvalue weighted by Crippen LogP contribution is 2.31. The molecule has 100 valence electrons. The number of aryl methyl sites for hydroxylation is 1. The quantitative estimate of drug-likeness (QED) is 0.670. The molecule has 0 amide bonds. The number of nitrogens with zero attached hydrogens (tertiary/aromatic N) is 2. The highest BCUT2D eigenvalue weighted by molar-refractivity contribution is 6.38. The summed E-state index contributed by atoms with van der Waals surface area (Å²) >= 11 is 12.0. The van der Waals surface area contributed by atoms with Crippen LogP contribution in [0, 0.1) is 6.92 Å². The van der Waals surface area contributed by atoms with Crippen LogP contribution in [0.2, 0.25) is 10.0 Å². The predicted molar refractivity (Wildman–Crippen MR) is 76.4 cm³/mol. The van der Waals surface area contributed by atoms with Crippen molar-refractivity contribution in [3.63, 3.8) is 0 Å². The molecular formula is C14H8Cl2N2O2. The third kappa shape index (κ3) is 2.17. The number of carbonyl (C=O) groups excluding carboxylic acids is 1. The lowest BCUT2D eigenvalue weighted by Crippen LogP contribution is -2.06. The monoisotopic (exact) mass is 306 g/mol. The van der Waals surface area contributed by atoms with E-state index in [1.807, 2.05) is 0 Å². The average molecular weight is 307 g/mol. The van der Waals surface area contributed by atoms with Crippen LogP contribution in [0.4, 0.5) is 0 Å². The van der Waals surface area contributed by atoms with E-state index in [9.17, 15) is 4.79 Å². The number of halogens is 2. The van der Waals surface area contributed by atoms with Crippen LogP contribution < -0.4 is 0 Å². The first-order valence-electron chi connectivity index (χ1n) is 5.77. The molecule has 0 bridgehead atoms. The fourth-order valence-electron chi connectivity index (χ4n) is 1.93. The normalized spacial score (nSPS) is 10.9. The molecule has 0 unspecified atom stereocenters. The van der Waals surface area contributed by atoms with E-state index in [2.05, 4.69) is 9.97 Å². The maximum absolute atomic E-state index is 12.4. The van der Waals surface area contributed by atoms with E-state index in [1.54, 1.807) is 25.1 Å². The smallest absolute Gasteiger partial charge is 0.248 e. The number of aromatic nitrogens is 2. The Morgan fingerprint density at radius 2 is 1.90 bits per heavy atom. The molecule has 4 nitrogen and oxygen atoms in total. The van der Waals surface area contributed by atoms with Crippen LogP contribution in [0.5, 0.6) is 0 Å². The lowest BCUT2D eigenvalue weighted by Gasteiger charge is -1.99. The summed E-state index contributed by atoms with van der Waals surface area (Å²) in [5, 5.41) is 1.52. The summed E-state index contributed by atoms with van der Waals surface area (Å²) in [5.41, 5.74) is 1.23. The van der Waals surface area contributed by atoms with Gasteiger partial charge in [-0.2, -0.15) is 0 Å². The van der Waals surface area contributed by atoms with Crippen molar-refractivity contribution in [1.29, 1.82) is 0 Å². The van der Waals surface area contributed by atoms with Crippen molar-refractivity contribution < 1.29 is 9.21 Å². The lowest BCUT2D eigenvalue weighted by atomic mass is 10.1. The van der Waals surface area contributed by atoms with Gasteiger partial charge in [0.05, 0.1) is 10.7 Å². The molecule has 2 heterocycles. The molecule has 3 rings (SSSR count). The van der Waals surface area contributed by atoms with E-state index in [-0.39, 0.29) is 17.2 Å². The molecule has 0 atom stereocenters. The van der Waals surface area contributed by atoms with Crippen LogP contribution in [0.1, 0.15) is 21.9 Å². The molecule has 0 spiro atoms. The summed E-state index contributed by atoms with van der Waals surface area (Å²) in [6.45, 7) is 1.72. The third-order valence-corrected chi connectivity index (χ3v) is 3.35. The number of hydrogen-bond acceptors (Lipinski definition) is 4. The Morgan fingerprint density at radius 1 is 1.15 bits per heavy atom. The Labute approximate surface area is 124 Å². The first kappa shape index (κ1) is 13.1. The van der Waals surface area contributed by atoms with E-state index in [0.29, 0.717) is 26.7 Å². The highest BCUT2D eigenvalue weighted by atomic mass is 35.5. The standard InChI is InChI=1S/C14H8Cl2N2O2/c1-7-12(18-3-2-17-7)13(19)11-5-8-4-9(15)6-10(16)14(8)20-11/h2-6H,1H3. The van der Waals surface area contributed by atoms with Gasteiger partial charge >= 0.3 is 0 Å². The van der Waals surface area contributed by atoms with Gasteiger partial charge in [0, 0.05) is 22.8 Å². The zero-order valence-corrected chi connectivity index (χ0v) is 11.9. The second kappa shape index (κ2) is 4.89. The van der Waals surface area contributed by atoms with Gasteiger partial charge in [-0.1, -0.05) is 23.2 Å². The van der Waals surface area contributed by atoms with Crippen molar-refractivity contribution in [3.8, 4) is 0 Å². The second-order valence-corrected chi connectivity index (χ2v) is 5.08. The molecule has 0 radical (unpaired) electrons. The van der Waals surface area contributed by atoms with E-state index < -0.39 is 0 Å². The first-order chi connectivity index (χ1) is 9.56. The van der Waals surface area contributed by atoms with Crippen molar-refractivity contribution in [3.05, 3.63) is 57.8 Å². The van der Waals surface area contributed by atoms with Gasteiger partial charge in [-0.25, -0.2) is 4.98 Å². The minimum Gasteiger partial charge on any atom is -0.451 e. The van der Waals surface area contributed by atoms with Crippen molar-refractivity contribution >= 4 is 40.0 Å². The minimum atomic E-state index is -0.334. The van der Waals surface area contributed by atoms with E-state index in [4.69, 9.17) is 27.6 Å². The summed E-state index contributed by atoms with van der Waals surface area (Å²) in [4.78, 5) is 20.4. The van der Waals surface area contributed by atoms with Gasteiger partial charge < -0.3 is 4.42 Å². The summed E-state index contributed by atoms with van der Waals surface area (Å²) in [7, 11) is 0. The number of furan rings is 1. The summed E-state index contributed by atoms with van der Waals surface area (Å²) < 4.78 is 5.52. The molecule has 6 heteroatoms. The molecule has 3 aromatic rings. The molecule has 0 aliphatic carbocycles. The Balaban J connectivity index is 2.14. The van der Waals surface area contributed by atoms with Gasteiger partial charge in [-0.15, -0.1) is 0 Å². The Bertz CT molecular complexity index is 827. The second-order valence-electron chi connectivity index (χ2n) is 4.24. The van der Waals surface area contributed by atoms with Crippen molar-refractivity contribution in [1.82, 2.24) is 9.97 Å². The van der Waals surface area contributed by atoms with Crippen LogP contribution in [0.25, 0.3) is 11.0 Å². The van der Waals surface area contributed by atoms with Crippen molar-refractivity contribution in [2.75, 3.05) is 0 Å². The van der Waals surface area contributed by atoms with Gasteiger partial charge in [0.25, 0.3) is 0 Å². The van der Waals surface area contributed by atoms with Gasteiger partial charge in [0.1, 0.15) is 5.69 Å². The summed E-state index contributed by atoms with van der Waals surface area (Å²) in [6, 6.07) is 4.85.